The largest absolute Gasteiger partial charge is 0.486 e. The van der Waals surface area contributed by atoms with Crippen LogP contribution in [0, 0.1) is 0 Å². The summed E-state index contributed by atoms with van der Waals surface area (Å²) in [6.45, 7) is 3.81. The van der Waals surface area contributed by atoms with Gasteiger partial charge in [0.25, 0.3) is 0 Å². The molecule has 2 aromatic rings. The van der Waals surface area contributed by atoms with Crippen molar-refractivity contribution in [2.75, 3.05) is 6.26 Å². The third-order valence-corrected chi connectivity index (χ3v) is 5.63. The Morgan fingerprint density at radius 3 is 2.50 bits per heavy atom. The van der Waals surface area contributed by atoms with Crippen LogP contribution in [0.15, 0.2) is 41.3 Å². The lowest BCUT2D eigenvalue weighted by atomic mass is 9.82. The summed E-state index contributed by atoms with van der Waals surface area (Å²) in [7, 11) is 0. The number of ether oxygens (including phenoxy) is 2. The van der Waals surface area contributed by atoms with Crippen molar-refractivity contribution in [2.24, 2.45) is 0 Å². The van der Waals surface area contributed by atoms with Crippen LogP contribution in [0.1, 0.15) is 54.1 Å². The summed E-state index contributed by atoms with van der Waals surface area (Å²) in [5, 5.41) is 0. The number of rotatable bonds is 2. The quantitative estimate of drug-likeness (QED) is 0.441. The van der Waals surface area contributed by atoms with Crippen LogP contribution in [0.4, 0.5) is 0 Å². The minimum Gasteiger partial charge on any atom is -0.486 e. The molecule has 4 nitrogen and oxygen atoms in total. The van der Waals surface area contributed by atoms with Crippen LogP contribution in [-0.2, 0) is 4.79 Å². The van der Waals surface area contributed by atoms with Crippen molar-refractivity contribution in [3.05, 3.63) is 53.1 Å². The Hall–Kier alpha value is -2.27. The zero-order chi connectivity index (χ0) is 18.5. The number of hydrogen-bond acceptors (Lipinski definition) is 5. The van der Waals surface area contributed by atoms with E-state index in [2.05, 4.69) is 0 Å². The number of esters is 1. The van der Waals surface area contributed by atoms with E-state index >= 15 is 0 Å². The highest BCUT2D eigenvalue weighted by Gasteiger charge is 2.39. The van der Waals surface area contributed by atoms with E-state index in [-0.39, 0.29) is 24.1 Å². The molecule has 2 heterocycles. The summed E-state index contributed by atoms with van der Waals surface area (Å²) in [5.41, 5.74) is 1.83. The molecule has 0 spiro atoms. The molecule has 4 rings (SSSR count). The predicted molar refractivity (Wildman–Crippen MR) is 100 cm³/mol. The zero-order valence-electron chi connectivity index (χ0n) is 15.0. The van der Waals surface area contributed by atoms with E-state index < -0.39 is 5.60 Å². The van der Waals surface area contributed by atoms with Crippen LogP contribution in [0.25, 0.3) is 0 Å². The van der Waals surface area contributed by atoms with Gasteiger partial charge in [-0.3, -0.25) is 9.59 Å². The van der Waals surface area contributed by atoms with Crippen molar-refractivity contribution >= 4 is 23.5 Å². The molecular formula is C21H20O4S. The van der Waals surface area contributed by atoms with E-state index in [0.717, 1.165) is 16.0 Å². The lowest BCUT2D eigenvalue weighted by Gasteiger charge is -2.36. The first-order valence-corrected chi connectivity index (χ1v) is 9.84. The summed E-state index contributed by atoms with van der Waals surface area (Å²) >= 11 is 1.67. The second kappa shape index (κ2) is 6.16. The Morgan fingerprint density at radius 1 is 1.08 bits per heavy atom. The molecule has 1 atom stereocenters. The fourth-order valence-corrected chi connectivity index (χ4v) is 4.09. The van der Waals surface area contributed by atoms with E-state index in [4.69, 9.17) is 9.47 Å². The number of ketones is 1. The third kappa shape index (κ3) is 2.90. The van der Waals surface area contributed by atoms with Crippen LogP contribution < -0.4 is 9.47 Å². The Labute approximate surface area is 156 Å². The molecule has 0 N–H and O–H groups in total. The number of benzene rings is 2. The number of thioether (sulfide) groups is 1. The average molecular weight is 368 g/mol. The molecule has 0 aromatic heterocycles. The molecular weight excluding hydrogens is 348 g/mol. The number of hydrogen-bond donors (Lipinski definition) is 0. The van der Waals surface area contributed by atoms with Crippen LogP contribution in [0.2, 0.25) is 0 Å². The first-order chi connectivity index (χ1) is 12.4. The standard InChI is InChI=1S/C21H20O4S/c1-21(2)11-16(22)14-8-9-17-19(20(14)25-21)15(10-18(23)24-17)12-4-6-13(26-3)7-5-12/h4-9,15H,10-11H2,1-3H3. The van der Waals surface area contributed by atoms with Gasteiger partial charge in [0.05, 0.1) is 18.4 Å². The van der Waals surface area contributed by atoms with Crippen LogP contribution in [0.5, 0.6) is 11.5 Å². The van der Waals surface area contributed by atoms with Crippen molar-refractivity contribution in [3.63, 3.8) is 0 Å². The van der Waals surface area contributed by atoms with Gasteiger partial charge in [-0.05, 0) is 49.9 Å². The van der Waals surface area contributed by atoms with Gasteiger partial charge in [0, 0.05) is 16.4 Å². The Morgan fingerprint density at radius 2 is 1.81 bits per heavy atom. The average Bonchev–Trinajstić information content (AvgIpc) is 2.59. The van der Waals surface area contributed by atoms with Crippen molar-refractivity contribution in [1.82, 2.24) is 0 Å². The van der Waals surface area contributed by atoms with Gasteiger partial charge in [0.1, 0.15) is 17.1 Å². The Kier molecular flexibility index (Phi) is 4.07. The molecule has 2 aliphatic rings. The minimum absolute atomic E-state index is 0.0624. The smallest absolute Gasteiger partial charge is 0.312 e. The lowest BCUT2D eigenvalue weighted by molar-refractivity contribution is -0.135. The number of Topliss-reactive ketones (excluding diaryl/α,β-unsaturated/α-hetero) is 1. The van der Waals surface area contributed by atoms with Gasteiger partial charge in [-0.2, -0.15) is 0 Å². The molecule has 0 radical (unpaired) electrons. The highest BCUT2D eigenvalue weighted by atomic mass is 32.2. The molecule has 0 aliphatic carbocycles. The maximum absolute atomic E-state index is 12.6. The highest BCUT2D eigenvalue weighted by molar-refractivity contribution is 7.98. The monoisotopic (exact) mass is 368 g/mol. The molecule has 134 valence electrons. The summed E-state index contributed by atoms with van der Waals surface area (Å²) < 4.78 is 11.7. The van der Waals surface area contributed by atoms with Gasteiger partial charge >= 0.3 is 5.97 Å². The van der Waals surface area contributed by atoms with E-state index in [9.17, 15) is 9.59 Å². The van der Waals surface area contributed by atoms with Gasteiger partial charge in [-0.25, -0.2) is 0 Å². The predicted octanol–water partition coefficient (Wildman–Crippen LogP) is 4.59. The molecule has 26 heavy (non-hydrogen) atoms. The summed E-state index contributed by atoms with van der Waals surface area (Å²) in [6.07, 6.45) is 2.60. The fraction of sp³-hybridized carbons (Fsp3) is 0.333. The van der Waals surface area contributed by atoms with Gasteiger partial charge in [0.15, 0.2) is 5.78 Å². The van der Waals surface area contributed by atoms with Crippen molar-refractivity contribution in [3.8, 4) is 11.5 Å². The summed E-state index contributed by atoms with van der Waals surface area (Å²) in [4.78, 5) is 25.9. The van der Waals surface area contributed by atoms with Gasteiger partial charge in [0.2, 0.25) is 0 Å². The normalized spacial score (nSPS) is 20.7. The molecule has 5 heteroatoms. The SMILES string of the molecule is CSc1ccc(C2CC(=O)Oc3ccc4c(c32)OC(C)(C)CC4=O)cc1. The number of carbonyl (C=O) groups is 2. The van der Waals surface area contributed by atoms with Crippen LogP contribution in [0.3, 0.4) is 0 Å². The van der Waals surface area contributed by atoms with Crippen molar-refractivity contribution in [2.45, 2.75) is 43.1 Å². The molecule has 0 amide bonds. The summed E-state index contributed by atoms with van der Waals surface area (Å²) in [6, 6.07) is 11.6. The Balaban J connectivity index is 1.88. The van der Waals surface area contributed by atoms with Gasteiger partial charge in [-0.15, -0.1) is 11.8 Å². The second-order valence-electron chi connectivity index (χ2n) is 7.32. The van der Waals surface area contributed by atoms with Crippen molar-refractivity contribution in [1.29, 1.82) is 0 Å². The van der Waals surface area contributed by atoms with Gasteiger partial charge < -0.3 is 9.47 Å². The molecule has 0 bridgehead atoms. The highest BCUT2D eigenvalue weighted by Crippen LogP contribution is 2.48. The molecule has 0 fully saturated rings. The molecule has 0 saturated heterocycles. The topological polar surface area (TPSA) is 52.6 Å². The number of carbonyl (C=O) groups excluding carboxylic acids is 2. The fourth-order valence-electron chi connectivity index (χ4n) is 3.68. The van der Waals surface area contributed by atoms with Crippen LogP contribution >= 0.6 is 11.8 Å². The van der Waals surface area contributed by atoms with Gasteiger partial charge in [-0.1, -0.05) is 12.1 Å². The second-order valence-corrected chi connectivity index (χ2v) is 8.20. The molecule has 1 unspecified atom stereocenters. The van der Waals surface area contributed by atoms with E-state index in [1.165, 1.54) is 0 Å². The lowest BCUT2D eigenvalue weighted by Crippen LogP contribution is -2.37. The Bertz CT molecular complexity index is 899. The third-order valence-electron chi connectivity index (χ3n) is 4.88. The molecule has 2 aliphatic heterocycles. The maximum Gasteiger partial charge on any atom is 0.312 e. The first-order valence-electron chi connectivity index (χ1n) is 8.62. The maximum atomic E-state index is 12.6. The van der Waals surface area contributed by atoms with Crippen molar-refractivity contribution < 1.29 is 19.1 Å². The van der Waals surface area contributed by atoms with E-state index in [1.807, 2.05) is 44.4 Å². The number of fused-ring (bicyclic) bond motifs is 3. The van der Waals surface area contributed by atoms with E-state index in [1.54, 1.807) is 23.9 Å². The zero-order valence-corrected chi connectivity index (χ0v) is 15.8. The summed E-state index contributed by atoms with van der Waals surface area (Å²) in [5.74, 6) is 0.670. The molecule has 2 aromatic carbocycles. The first kappa shape index (κ1) is 17.2. The minimum atomic E-state index is -0.575. The molecule has 0 saturated carbocycles. The van der Waals surface area contributed by atoms with Crippen LogP contribution in [-0.4, -0.2) is 23.6 Å². The van der Waals surface area contributed by atoms with E-state index in [0.29, 0.717) is 23.5 Å².